The molecule has 3 nitrogen and oxygen atoms in total. The summed E-state index contributed by atoms with van der Waals surface area (Å²) in [7, 11) is 0. The van der Waals surface area contributed by atoms with Gasteiger partial charge < -0.3 is 10.4 Å². The lowest BCUT2D eigenvalue weighted by Crippen LogP contribution is -2.38. The molecule has 0 atom stereocenters. The predicted molar refractivity (Wildman–Crippen MR) is 66.2 cm³/mol. The average molecular weight is 373 g/mol. The fourth-order valence-corrected chi connectivity index (χ4v) is 2.35. The Labute approximate surface area is 113 Å². The Morgan fingerprint density at radius 1 is 1.29 bits per heavy atom. The van der Waals surface area contributed by atoms with Crippen LogP contribution < -0.4 is 5.32 Å². The summed E-state index contributed by atoms with van der Waals surface area (Å²) in [6, 6.07) is 4.74. The largest absolute Gasteiger partial charge is 0.390 e. The second-order valence-electron chi connectivity index (χ2n) is 3.35. The Morgan fingerprint density at radius 2 is 1.82 bits per heavy atom. The van der Waals surface area contributed by atoms with Gasteiger partial charge in [0.1, 0.15) is 6.61 Å². The van der Waals surface area contributed by atoms with E-state index in [2.05, 4.69) is 37.2 Å². The number of carbonyl (C=O) groups excluding carboxylic acids is 1. The van der Waals surface area contributed by atoms with Crippen LogP contribution in [0.25, 0.3) is 0 Å². The van der Waals surface area contributed by atoms with Crippen molar-refractivity contribution in [3.63, 3.8) is 0 Å². The minimum atomic E-state index is -3.31. The van der Waals surface area contributed by atoms with Crippen LogP contribution in [0.15, 0.2) is 27.1 Å². The van der Waals surface area contributed by atoms with E-state index in [1.165, 1.54) is 12.1 Å². The first-order valence-corrected chi connectivity index (χ1v) is 6.15. The van der Waals surface area contributed by atoms with Crippen LogP contribution in [0.2, 0.25) is 0 Å². The lowest BCUT2D eigenvalue weighted by Gasteiger charge is -2.14. The monoisotopic (exact) mass is 371 g/mol. The molecule has 17 heavy (non-hydrogen) atoms. The van der Waals surface area contributed by atoms with Crippen molar-refractivity contribution < 1.29 is 18.7 Å². The predicted octanol–water partition coefficient (Wildman–Crippen LogP) is 2.57. The molecule has 0 fully saturated rings. The third kappa shape index (κ3) is 4.69. The number of carbonyl (C=O) groups is 1. The van der Waals surface area contributed by atoms with Gasteiger partial charge in [-0.2, -0.15) is 0 Å². The number of aliphatic hydroxyl groups excluding tert-OH is 1. The number of alkyl halides is 2. The molecule has 0 aliphatic rings. The Hall–Kier alpha value is -0.530. The van der Waals surface area contributed by atoms with Crippen LogP contribution in [0, 0.1) is 0 Å². The molecule has 0 spiro atoms. The third-order valence-electron chi connectivity index (χ3n) is 1.86. The standard InChI is InChI=1S/C10H9Br2F2NO2/c11-7-1-6(2-8(12)3-7)9(17)15-4-10(13,14)5-16/h1-3,16H,4-5H2,(H,15,17). The van der Waals surface area contributed by atoms with E-state index in [-0.39, 0.29) is 5.56 Å². The van der Waals surface area contributed by atoms with Gasteiger partial charge in [-0.25, -0.2) is 8.78 Å². The lowest BCUT2D eigenvalue weighted by atomic mass is 10.2. The van der Waals surface area contributed by atoms with Gasteiger partial charge in [0.2, 0.25) is 0 Å². The minimum Gasteiger partial charge on any atom is -0.390 e. The Kier molecular flexibility index (Phi) is 5.03. The molecule has 0 heterocycles. The van der Waals surface area contributed by atoms with Crippen LogP contribution in [-0.2, 0) is 0 Å². The zero-order valence-corrected chi connectivity index (χ0v) is 11.7. The first kappa shape index (κ1) is 14.5. The molecular weight excluding hydrogens is 364 g/mol. The van der Waals surface area contributed by atoms with E-state index in [0.717, 1.165) is 0 Å². The quantitative estimate of drug-likeness (QED) is 0.853. The zero-order valence-electron chi connectivity index (χ0n) is 8.51. The summed E-state index contributed by atoms with van der Waals surface area (Å²) >= 11 is 6.37. The first-order valence-electron chi connectivity index (χ1n) is 4.57. The SMILES string of the molecule is O=C(NCC(F)(F)CO)c1cc(Br)cc(Br)c1. The number of rotatable bonds is 4. The van der Waals surface area contributed by atoms with Gasteiger partial charge in [0.05, 0.1) is 6.54 Å². The van der Waals surface area contributed by atoms with Crippen molar-refractivity contribution in [3.05, 3.63) is 32.7 Å². The maximum absolute atomic E-state index is 12.7. The summed E-state index contributed by atoms with van der Waals surface area (Å²) in [6.07, 6.45) is 0. The molecule has 0 radical (unpaired) electrons. The van der Waals surface area contributed by atoms with E-state index in [9.17, 15) is 13.6 Å². The number of amides is 1. The highest BCUT2D eigenvalue weighted by molar-refractivity contribution is 9.11. The van der Waals surface area contributed by atoms with Gasteiger partial charge in [0.15, 0.2) is 0 Å². The van der Waals surface area contributed by atoms with Gasteiger partial charge in [0.25, 0.3) is 11.8 Å². The summed E-state index contributed by atoms with van der Waals surface area (Å²) in [6.45, 7) is -2.19. The van der Waals surface area contributed by atoms with Gasteiger partial charge in [0, 0.05) is 14.5 Å². The van der Waals surface area contributed by atoms with Crippen LogP contribution in [-0.4, -0.2) is 30.1 Å². The number of benzene rings is 1. The molecule has 0 aliphatic heterocycles. The summed E-state index contributed by atoms with van der Waals surface area (Å²) in [5.74, 6) is -3.93. The highest BCUT2D eigenvalue weighted by atomic mass is 79.9. The molecule has 0 aromatic heterocycles. The van der Waals surface area contributed by atoms with Gasteiger partial charge in [-0.1, -0.05) is 31.9 Å². The van der Waals surface area contributed by atoms with Gasteiger partial charge in [-0.05, 0) is 18.2 Å². The van der Waals surface area contributed by atoms with Crippen molar-refractivity contribution in [1.82, 2.24) is 5.32 Å². The second-order valence-corrected chi connectivity index (χ2v) is 5.19. The third-order valence-corrected chi connectivity index (χ3v) is 2.78. The van der Waals surface area contributed by atoms with E-state index in [4.69, 9.17) is 5.11 Å². The number of aliphatic hydroxyl groups is 1. The Bertz CT molecular complexity index is 407. The first-order chi connectivity index (χ1) is 7.84. The summed E-state index contributed by atoms with van der Waals surface area (Å²) < 4.78 is 26.7. The number of halogens is 4. The number of nitrogens with one attached hydrogen (secondary N) is 1. The molecule has 94 valence electrons. The summed E-state index contributed by atoms with van der Waals surface area (Å²) in [5.41, 5.74) is 0.250. The van der Waals surface area contributed by atoms with Crippen molar-refractivity contribution in [2.45, 2.75) is 5.92 Å². The normalized spacial score (nSPS) is 11.4. The molecule has 1 amide bonds. The van der Waals surface area contributed by atoms with Gasteiger partial charge >= 0.3 is 0 Å². The molecular formula is C10H9Br2F2NO2. The second kappa shape index (κ2) is 5.88. The maximum atomic E-state index is 12.7. The van der Waals surface area contributed by atoms with E-state index < -0.39 is 25.0 Å². The van der Waals surface area contributed by atoms with Gasteiger partial charge in [-0.3, -0.25) is 4.79 Å². The van der Waals surface area contributed by atoms with Crippen LogP contribution in [0.1, 0.15) is 10.4 Å². The topological polar surface area (TPSA) is 49.3 Å². The van der Waals surface area contributed by atoms with Crippen molar-refractivity contribution in [2.75, 3.05) is 13.2 Å². The van der Waals surface area contributed by atoms with E-state index in [1.54, 1.807) is 6.07 Å². The molecule has 0 saturated heterocycles. The van der Waals surface area contributed by atoms with Crippen molar-refractivity contribution in [3.8, 4) is 0 Å². The maximum Gasteiger partial charge on any atom is 0.287 e. The number of hydrogen-bond acceptors (Lipinski definition) is 2. The highest BCUT2D eigenvalue weighted by Gasteiger charge is 2.28. The molecule has 0 unspecified atom stereocenters. The van der Waals surface area contributed by atoms with Gasteiger partial charge in [-0.15, -0.1) is 0 Å². The van der Waals surface area contributed by atoms with Crippen molar-refractivity contribution >= 4 is 37.8 Å². The van der Waals surface area contributed by atoms with Crippen LogP contribution in [0.5, 0.6) is 0 Å². The van der Waals surface area contributed by atoms with Crippen molar-refractivity contribution in [2.24, 2.45) is 0 Å². The van der Waals surface area contributed by atoms with E-state index in [0.29, 0.717) is 8.95 Å². The molecule has 0 saturated carbocycles. The molecule has 0 aliphatic carbocycles. The smallest absolute Gasteiger partial charge is 0.287 e. The Balaban J connectivity index is 2.70. The molecule has 0 bridgehead atoms. The minimum absolute atomic E-state index is 0.250. The van der Waals surface area contributed by atoms with Crippen LogP contribution >= 0.6 is 31.9 Å². The van der Waals surface area contributed by atoms with Crippen LogP contribution in [0.3, 0.4) is 0 Å². The molecule has 1 aromatic carbocycles. The highest BCUT2D eigenvalue weighted by Crippen LogP contribution is 2.20. The molecule has 7 heteroatoms. The summed E-state index contributed by atoms with van der Waals surface area (Å²) in [5, 5.41) is 10.4. The number of hydrogen-bond donors (Lipinski definition) is 2. The van der Waals surface area contributed by atoms with Crippen molar-refractivity contribution in [1.29, 1.82) is 0 Å². The fraction of sp³-hybridized carbons (Fsp3) is 0.300. The molecule has 2 N–H and O–H groups in total. The van der Waals surface area contributed by atoms with Crippen LogP contribution in [0.4, 0.5) is 8.78 Å². The molecule has 1 aromatic rings. The lowest BCUT2D eigenvalue weighted by molar-refractivity contribution is -0.0462. The average Bonchev–Trinajstić information content (AvgIpc) is 2.24. The summed E-state index contributed by atoms with van der Waals surface area (Å²) in [4.78, 5) is 11.5. The zero-order chi connectivity index (χ0) is 13.1. The molecule has 1 rings (SSSR count). The van der Waals surface area contributed by atoms with E-state index in [1.807, 2.05) is 0 Å². The Morgan fingerprint density at radius 3 is 2.29 bits per heavy atom. The fourth-order valence-electron chi connectivity index (χ4n) is 1.05. The van der Waals surface area contributed by atoms with E-state index >= 15 is 0 Å².